The number of aliphatic carboxylic acids is 1. The Morgan fingerprint density at radius 2 is 1.88 bits per heavy atom. The number of carbonyl (C=O) groups is 2. The van der Waals surface area contributed by atoms with Crippen molar-refractivity contribution >= 4 is 22.5 Å². The average molecular weight is 431 g/mol. The van der Waals surface area contributed by atoms with Crippen molar-refractivity contribution in [2.75, 3.05) is 0 Å². The summed E-state index contributed by atoms with van der Waals surface area (Å²) in [5, 5.41) is 14.8. The number of nitrogens with zero attached hydrogens (tertiary/aromatic N) is 2. The van der Waals surface area contributed by atoms with Crippen molar-refractivity contribution in [3.63, 3.8) is 0 Å². The highest BCUT2D eigenvalue weighted by Crippen LogP contribution is 2.37. The molecule has 0 radical (unpaired) electrons. The number of aromatic nitrogens is 2. The summed E-state index contributed by atoms with van der Waals surface area (Å²) in [7, 11) is 0. The van der Waals surface area contributed by atoms with Crippen LogP contribution in [0.2, 0.25) is 0 Å². The van der Waals surface area contributed by atoms with E-state index in [4.69, 9.17) is 4.74 Å². The molecule has 0 fully saturated rings. The summed E-state index contributed by atoms with van der Waals surface area (Å²) in [6, 6.07) is 10.3. The van der Waals surface area contributed by atoms with Crippen LogP contribution in [0.1, 0.15) is 38.7 Å². The summed E-state index contributed by atoms with van der Waals surface area (Å²) in [6.07, 6.45) is 7.21. The van der Waals surface area contributed by atoms with Gasteiger partial charge in [0.15, 0.2) is 5.78 Å². The summed E-state index contributed by atoms with van der Waals surface area (Å²) in [5.74, 6) is -0.185. The predicted molar refractivity (Wildman–Crippen MR) is 121 cm³/mol. The lowest BCUT2D eigenvalue weighted by molar-refractivity contribution is -0.140. The molecule has 32 heavy (non-hydrogen) atoms. The largest absolute Gasteiger partial charge is 0.480 e. The molecule has 2 heterocycles. The standard InChI is InChI=1S/C25H25N3O4/c1-4-18(22(24(30)31)28-20-13-21(29)25(20,2)3)15-5-7-17(8-6-15)32-23-19-14-26-11-9-16(19)10-12-27-23/h5-14,18,22,28H,4H2,1-3H3,(H,30,31)/t18?,22-/m0/s1. The Balaban J connectivity index is 1.55. The van der Waals surface area contributed by atoms with Crippen molar-refractivity contribution in [3.8, 4) is 11.6 Å². The predicted octanol–water partition coefficient (Wildman–Crippen LogP) is 4.45. The molecular weight excluding hydrogens is 406 g/mol. The summed E-state index contributed by atoms with van der Waals surface area (Å²) in [6.45, 7) is 5.53. The van der Waals surface area contributed by atoms with E-state index in [2.05, 4.69) is 15.3 Å². The maximum atomic E-state index is 12.1. The van der Waals surface area contributed by atoms with Crippen LogP contribution in [-0.4, -0.2) is 32.9 Å². The minimum absolute atomic E-state index is 0.00376. The van der Waals surface area contributed by atoms with E-state index in [-0.39, 0.29) is 11.7 Å². The van der Waals surface area contributed by atoms with Gasteiger partial charge >= 0.3 is 5.97 Å². The molecule has 7 heteroatoms. The van der Waals surface area contributed by atoms with E-state index in [1.54, 1.807) is 32.4 Å². The van der Waals surface area contributed by atoms with Crippen LogP contribution < -0.4 is 10.1 Å². The normalized spacial score (nSPS) is 16.6. The minimum atomic E-state index is -0.958. The van der Waals surface area contributed by atoms with Gasteiger partial charge in [-0.3, -0.25) is 9.78 Å². The molecule has 3 aromatic rings. The van der Waals surface area contributed by atoms with Crippen LogP contribution in [0.4, 0.5) is 0 Å². The smallest absolute Gasteiger partial charge is 0.326 e. The molecule has 1 aromatic carbocycles. The second-order valence-electron chi connectivity index (χ2n) is 8.41. The minimum Gasteiger partial charge on any atom is -0.480 e. The number of allylic oxidation sites excluding steroid dienone is 2. The van der Waals surface area contributed by atoms with Gasteiger partial charge in [0, 0.05) is 36.3 Å². The number of fused-ring (bicyclic) bond motifs is 1. The zero-order chi connectivity index (χ0) is 22.9. The first-order valence-corrected chi connectivity index (χ1v) is 10.5. The first kappa shape index (κ1) is 21.5. The highest BCUT2D eigenvalue weighted by atomic mass is 16.5. The Kier molecular flexibility index (Phi) is 5.65. The lowest BCUT2D eigenvalue weighted by Crippen LogP contribution is -2.49. The number of nitrogens with one attached hydrogen (secondary N) is 1. The third-order valence-corrected chi connectivity index (χ3v) is 6.04. The first-order valence-electron chi connectivity index (χ1n) is 10.5. The van der Waals surface area contributed by atoms with Crippen LogP contribution in [-0.2, 0) is 9.59 Å². The fourth-order valence-corrected chi connectivity index (χ4v) is 3.89. The van der Waals surface area contributed by atoms with Gasteiger partial charge in [-0.15, -0.1) is 0 Å². The Morgan fingerprint density at radius 3 is 2.50 bits per heavy atom. The van der Waals surface area contributed by atoms with Gasteiger partial charge in [0.05, 0.1) is 10.8 Å². The van der Waals surface area contributed by atoms with Crippen LogP contribution >= 0.6 is 0 Å². The third kappa shape index (κ3) is 3.93. The van der Waals surface area contributed by atoms with Gasteiger partial charge in [0.2, 0.25) is 5.88 Å². The molecule has 1 aliphatic carbocycles. The van der Waals surface area contributed by atoms with Crippen LogP contribution in [0.5, 0.6) is 11.6 Å². The van der Waals surface area contributed by atoms with E-state index >= 15 is 0 Å². The maximum absolute atomic E-state index is 12.1. The van der Waals surface area contributed by atoms with Gasteiger partial charge in [-0.25, -0.2) is 9.78 Å². The van der Waals surface area contributed by atoms with Gasteiger partial charge in [-0.1, -0.05) is 19.1 Å². The Labute approximate surface area is 186 Å². The highest BCUT2D eigenvalue weighted by molar-refractivity contribution is 6.04. The number of hydrogen-bond donors (Lipinski definition) is 2. The number of hydrogen-bond acceptors (Lipinski definition) is 6. The lowest BCUT2D eigenvalue weighted by atomic mass is 9.74. The van der Waals surface area contributed by atoms with Gasteiger partial charge in [-0.05, 0) is 55.5 Å². The van der Waals surface area contributed by atoms with Crippen molar-refractivity contribution in [1.82, 2.24) is 15.3 Å². The third-order valence-electron chi connectivity index (χ3n) is 6.04. The number of pyridine rings is 2. The molecule has 0 spiro atoms. The van der Waals surface area contributed by atoms with E-state index in [0.717, 1.165) is 16.3 Å². The maximum Gasteiger partial charge on any atom is 0.326 e. The van der Waals surface area contributed by atoms with Crippen LogP contribution in [0.3, 0.4) is 0 Å². The monoisotopic (exact) mass is 431 g/mol. The lowest BCUT2D eigenvalue weighted by Gasteiger charge is -2.37. The van der Waals surface area contributed by atoms with E-state index in [1.807, 2.05) is 43.3 Å². The van der Waals surface area contributed by atoms with Gasteiger partial charge in [0.1, 0.15) is 11.8 Å². The quantitative estimate of drug-likeness (QED) is 0.543. The van der Waals surface area contributed by atoms with Crippen molar-refractivity contribution in [3.05, 3.63) is 72.3 Å². The molecule has 2 N–H and O–H groups in total. The van der Waals surface area contributed by atoms with Crippen molar-refractivity contribution < 1.29 is 19.4 Å². The fraction of sp³-hybridized carbons (Fsp3) is 0.280. The van der Waals surface area contributed by atoms with Gasteiger partial charge in [-0.2, -0.15) is 0 Å². The average Bonchev–Trinajstić information content (AvgIpc) is 2.79. The Hall–Kier alpha value is -3.74. The molecule has 7 nitrogen and oxygen atoms in total. The van der Waals surface area contributed by atoms with Crippen LogP contribution in [0.25, 0.3) is 10.8 Å². The fourth-order valence-electron chi connectivity index (χ4n) is 3.89. The van der Waals surface area contributed by atoms with E-state index in [9.17, 15) is 14.7 Å². The number of benzene rings is 1. The molecule has 1 unspecified atom stereocenters. The topological polar surface area (TPSA) is 101 Å². The summed E-state index contributed by atoms with van der Waals surface area (Å²) >= 11 is 0. The van der Waals surface area contributed by atoms with Gasteiger partial charge in [0.25, 0.3) is 0 Å². The van der Waals surface area contributed by atoms with Crippen LogP contribution in [0.15, 0.2) is 66.8 Å². The molecule has 164 valence electrons. The molecule has 1 aliphatic rings. The molecule has 0 bridgehead atoms. The molecule has 0 aliphatic heterocycles. The SMILES string of the molecule is CCC(c1ccc(Oc2nccc3ccncc23)cc1)[C@H](NC1=CC(=O)C1(C)C)C(=O)O. The molecule has 0 saturated heterocycles. The van der Waals surface area contributed by atoms with E-state index < -0.39 is 17.4 Å². The van der Waals surface area contributed by atoms with Crippen molar-refractivity contribution in [1.29, 1.82) is 0 Å². The Bertz CT molecular complexity index is 1200. The molecule has 0 amide bonds. The number of carbonyl (C=O) groups excluding carboxylic acids is 1. The zero-order valence-corrected chi connectivity index (χ0v) is 18.2. The molecule has 2 atom stereocenters. The van der Waals surface area contributed by atoms with Crippen LogP contribution in [0, 0.1) is 5.41 Å². The Morgan fingerprint density at radius 1 is 1.16 bits per heavy atom. The number of carboxylic acids is 1. The summed E-state index contributed by atoms with van der Waals surface area (Å²) in [5.41, 5.74) is 0.851. The molecule has 4 rings (SSSR count). The molecule has 2 aromatic heterocycles. The number of ether oxygens (including phenoxy) is 1. The zero-order valence-electron chi connectivity index (χ0n) is 18.2. The van der Waals surface area contributed by atoms with E-state index in [0.29, 0.717) is 23.7 Å². The number of rotatable bonds is 8. The van der Waals surface area contributed by atoms with E-state index in [1.165, 1.54) is 6.08 Å². The highest BCUT2D eigenvalue weighted by Gasteiger charge is 2.42. The number of ketones is 1. The summed E-state index contributed by atoms with van der Waals surface area (Å²) in [4.78, 5) is 32.3. The second-order valence-corrected chi connectivity index (χ2v) is 8.41. The van der Waals surface area contributed by atoms with Crippen molar-refractivity contribution in [2.45, 2.75) is 39.2 Å². The number of carboxylic acid groups (broad SMARTS) is 1. The molecular formula is C25H25N3O4. The molecule has 0 saturated carbocycles. The second kappa shape index (κ2) is 8.42. The summed E-state index contributed by atoms with van der Waals surface area (Å²) < 4.78 is 5.97. The first-order chi connectivity index (χ1) is 15.3. The van der Waals surface area contributed by atoms with Gasteiger partial charge < -0.3 is 15.2 Å². The van der Waals surface area contributed by atoms with Crippen molar-refractivity contribution in [2.24, 2.45) is 5.41 Å².